The van der Waals surface area contributed by atoms with Crippen LogP contribution in [-0.4, -0.2) is 21.4 Å². The molecule has 1 saturated heterocycles. The maximum atomic E-state index is 6.22. The number of ether oxygens (including phenoxy) is 1. The Morgan fingerprint density at radius 2 is 2.23 bits per heavy atom. The number of aromatic nitrogens is 3. The summed E-state index contributed by atoms with van der Waals surface area (Å²) < 4.78 is 8.08. The Morgan fingerprint density at radius 1 is 1.41 bits per heavy atom. The molecule has 2 atom stereocenters. The average Bonchev–Trinajstić information content (AvgIpc) is 3.10. The fourth-order valence-electron chi connectivity index (χ4n) is 2.87. The zero-order valence-corrected chi connectivity index (χ0v) is 18.9. The molecule has 1 fully saturated rings. The quantitative estimate of drug-likeness (QED) is 0.676. The van der Waals surface area contributed by atoms with Crippen molar-refractivity contribution in [2.75, 3.05) is 6.61 Å². The fraction of sp³-hybridized carbons (Fsp3) is 0.500. The van der Waals surface area contributed by atoms with E-state index in [4.69, 9.17) is 4.74 Å². The average molecular weight is 448 g/mol. The molecule has 1 aromatic carbocycles. The number of rotatable bonds is 4. The van der Waals surface area contributed by atoms with E-state index in [1.165, 1.54) is 5.56 Å². The van der Waals surface area contributed by atoms with Crippen LogP contribution in [0.4, 0.5) is 0 Å². The summed E-state index contributed by atoms with van der Waals surface area (Å²) in [7, 11) is 0. The molecule has 0 spiro atoms. The number of hydrogen-bond acceptors (Lipinski definition) is 3. The van der Waals surface area contributed by atoms with E-state index in [-0.39, 0.29) is 71.0 Å². The zero-order chi connectivity index (χ0) is 14.0. The minimum atomic E-state index is -0.317. The fourth-order valence-corrected chi connectivity index (χ4v) is 2.87. The van der Waals surface area contributed by atoms with E-state index in [9.17, 15) is 0 Å². The summed E-state index contributed by atoms with van der Waals surface area (Å²) in [6, 6.07) is 9.67. The predicted octanol–water partition coefficient (Wildman–Crippen LogP) is 2.72. The molecule has 1 aliphatic rings. The molecule has 3 rings (SSSR count). The van der Waals surface area contributed by atoms with Gasteiger partial charge in [-0.15, -0.1) is 5.56 Å². The maximum absolute atomic E-state index is 6.22. The minimum Gasteiger partial charge on any atom is -0.370 e. The SMILES string of the molecule is CC[C@@H]1COC(Cn2cncn2)(c2[c-]cc(C)cc2)C1.[Y].[Y]. The summed E-state index contributed by atoms with van der Waals surface area (Å²) >= 11 is 0. The molecule has 1 aromatic heterocycles. The zero-order valence-electron chi connectivity index (χ0n) is 13.2. The molecule has 2 heterocycles. The van der Waals surface area contributed by atoms with E-state index in [0.29, 0.717) is 12.5 Å². The van der Waals surface area contributed by atoms with Crippen LogP contribution in [0.3, 0.4) is 0 Å². The molecule has 112 valence electrons. The van der Waals surface area contributed by atoms with Crippen LogP contribution in [0.1, 0.15) is 30.9 Å². The summed E-state index contributed by atoms with van der Waals surface area (Å²) in [6.07, 6.45) is 5.48. The Bertz CT molecular complexity index is 559. The third-order valence-electron chi connectivity index (χ3n) is 4.13. The van der Waals surface area contributed by atoms with Crippen LogP contribution in [0.25, 0.3) is 0 Å². The smallest absolute Gasteiger partial charge is 0.137 e. The first-order valence-electron chi connectivity index (χ1n) is 7.17. The van der Waals surface area contributed by atoms with Crippen LogP contribution in [0, 0.1) is 18.9 Å². The van der Waals surface area contributed by atoms with Gasteiger partial charge < -0.3 is 4.74 Å². The van der Waals surface area contributed by atoms with Gasteiger partial charge in [-0.05, 0) is 12.3 Å². The Hall–Kier alpha value is 0.528. The van der Waals surface area contributed by atoms with Crippen molar-refractivity contribution in [3.05, 3.63) is 48.0 Å². The molecule has 2 aromatic rings. The Balaban J connectivity index is 0.00000121. The van der Waals surface area contributed by atoms with Crippen LogP contribution in [-0.2, 0) is 82.3 Å². The second-order valence-corrected chi connectivity index (χ2v) is 5.66. The van der Waals surface area contributed by atoms with Crippen molar-refractivity contribution in [2.24, 2.45) is 5.92 Å². The number of aryl methyl sites for hydroxylation is 1. The van der Waals surface area contributed by atoms with Crippen molar-refractivity contribution in [3.63, 3.8) is 0 Å². The van der Waals surface area contributed by atoms with Crippen molar-refractivity contribution in [1.82, 2.24) is 14.8 Å². The first-order valence-corrected chi connectivity index (χ1v) is 7.17. The van der Waals surface area contributed by atoms with Gasteiger partial charge in [0.05, 0.1) is 18.8 Å². The van der Waals surface area contributed by atoms with Crippen LogP contribution in [0.15, 0.2) is 30.9 Å². The molecule has 1 unspecified atom stereocenters. The maximum Gasteiger partial charge on any atom is 0.137 e. The van der Waals surface area contributed by atoms with Crippen molar-refractivity contribution < 1.29 is 70.2 Å². The third kappa shape index (κ3) is 4.54. The molecule has 4 nitrogen and oxygen atoms in total. The first kappa shape index (κ1) is 20.6. The van der Waals surface area contributed by atoms with E-state index < -0.39 is 0 Å². The molecular weight excluding hydrogens is 428 g/mol. The van der Waals surface area contributed by atoms with Crippen LogP contribution >= 0.6 is 0 Å². The monoisotopic (exact) mass is 448 g/mol. The van der Waals surface area contributed by atoms with Gasteiger partial charge in [0.25, 0.3) is 0 Å². The molecular formula is C16H20N3OY2-. The van der Waals surface area contributed by atoms with Gasteiger partial charge in [-0.2, -0.15) is 34.9 Å². The molecule has 0 amide bonds. The largest absolute Gasteiger partial charge is 0.370 e. The summed E-state index contributed by atoms with van der Waals surface area (Å²) in [6.45, 7) is 5.81. The van der Waals surface area contributed by atoms with E-state index in [2.05, 4.69) is 42.1 Å². The molecule has 1 aliphatic heterocycles. The Kier molecular flexibility index (Phi) is 8.53. The second-order valence-electron chi connectivity index (χ2n) is 5.66. The number of nitrogens with zero attached hydrogens (tertiary/aromatic N) is 3. The van der Waals surface area contributed by atoms with Gasteiger partial charge in [0.2, 0.25) is 0 Å². The third-order valence-corrected chi connectivity index (χ3v) is 4.13. The van der Waals surface area contributed by atoms with Gasteiger partial charge in [-0.1, -0.05) is 20.3 Å². The molecule has 0 saturated carbocycles. The van der Waals surface area contributed by atoms with Crippen molar-refractivity contribution in [1.29, 1.82) is 0 Å². The van der Waals surface area contributed by atoms with Crippen LogP contribution < -0.4 is 0 Å². The van der Waals surface area contributed by atoms with E-state index in [1.54, 1.807) is 12.7 Å². The molecule has 0 N–H and O–H groups in total. The summed E-state index contributed by atoms with van der Waals surface area (Å²) in [5.74, 6) is 0.605. The van der Waals surface area contributed by atoms with Crippen molar-refractivity contribution in [2.45, 2.75) is 38.8 Å². The second kappa shape index (κ2) is 9.13. The standard InChI is InChI=1S/C16H20N3O.2Y/c1-3-14-8-16(20-9-14,10-19-12-17-11-18-19)15-6-4-13(2)5-7-15;;/h4-6,11-12,14H,3,8-10H2,1-2H3;;/q-1;;/t14-,16?;;/m0../s1. The van der Waals surface area contributed by atoms with Gasteiger partial charge in [-0.3, -0.25) is 0 Å². The molecule has 0 aliphatic carbocycles. The van der Waals surface area contributed by atoms with Gasteiger partial charge in [0.1, 0.15) is 12.7 Å². The Morgan fingerprint density at radius 3 is 2.77 bits per heavy atom. The first-order chi connectivity index (χ1) is 9.72. The van der Waals surface area contributed by atoms with E-state index in [0.717, 1.165) is 25.0 Å². The van der Waals surface area contributed by atoms with Crippen molar-refractivity contribution >= 4 is 0 Å². The van der Waals surface area contributed by atoms with Crippen LogP contribution in [0.5, 0.6) is 0 Å². The van der Waals surface area contributed by atoms with Gasteiger partial charge >= 0.3 is 0 Å². The van der Waals surface area contributed by atoms with Crippen LogP contribution in [0.2, 0.25) is 0 Å². The van der Waals surface area contributed by atoms with E-state index in [1.807, 2.05) is 10.7 Å². The van der Waals surface area contributed by atoms with Crippen molar-refractivity contribution in [3.8, 4) is 0 Å². The summed E-state index contributed by atoms with van der Waals surface area (Å²) in [4.78, 5) is 4.03. The molecule has 0 bridgehead atoms. The van der Waals surface area contributed by atoms with Gasteiger partial charge in [-0.25, -0.2) is 9.67 Å². The van der Waals surface area contributed by atoms with Gasteiger partial charge in [0, 0.05) is 65.4 Å². The normalized spacial score (nSPS) is 23.6. The van der Waals surface area contributed by atoms with Gasteiger partial charge in [0.15, 0.2) is 0 Å². The Labute approximate surface area is 182 Å². The van der Waals surface area contributed by atoms with E-state index >= 15 is 0 Å². The predicted molar refractivity (Wildman–Crippen MR) is 76.1 cm³/mol. The summed E-state index contributed by atoms with van der Waals surface area (Å²) in [5, 5.41) is 4.23. The summed E-state index contributed by atoms with van der Waals surface area (Å²) in [5.41, 5.74) is 2.02. The number of benzene rings is 1. The molecule has 2 radical (unpaired) electrons. The minimum absolute atomic E-state index is 0. The molecule has 6 heteroatoms. The topological polar surface area (TPSA) is 39.9 Å². The molecule has 22 heavy (non-hydrogen) atoms. The number of hydrogen-bond donors (Lipinski definition) is 0.